The Bertz CT molecular complexity index is 242. The molecule has 4 nitrogen and oxygen atoms in total. The van der Waals surface area contributed by atoms with Gasteiger partial charge in [0.15, 0.2) is 0 Å². The largest absolute Gasteiger partial charge is 0.351 e. The van der Waals surface area contributed by atoms with Crippen LogP contribution >= 0.6 is 11.8 Å². The molecule has 1 rings (SSSR count). The van der Waals surface area contributed by atoms with Gasteiger partial charge in [0.1, 0.15) is 0 Å². The predicted molar refractivity (Wildman–Crippen MR) is 74.4 cm³/mol. The van der Waals surface area contributed by atoms with E-state index in [1.54, 1.807) is 6.08 Å². The number of hydrogen-bond donors (Lipinski definition) is 2. The van der Waals surface area contributed by atoms with E-state index in [9.17, 15) is 4.79 Å². The van der Waals surface area contributed by atoms with Crippen LogP contribution in [0.25, 0.3) is 0 Å². The zero-order valence-corrected chi connectivity index (χ0v) is 11.4. The van der Waals surface area contributed by atoms with Gasteiger partial charge in [-0.3, -0.25) is 4.79 Å². The summed E-state index contributed by atoms with van der Waals surface area (Å²) in [5.74, 6) is 2.50. The first-order chi connectivity index (χ1) is 8.24. The van der Waals surface area contributed by atoms with Gasteiger partial charge < -0.3 is 15.5 Å². The minimum absolute atomic E-state index is 0.0408. The number of thioether (sulfide) groups is 1. The number of carbonyl (C=O) groups is 1. The van der Waals surface area contributed by atoms with Gasteiger partial charge in [-0.2, -0.15) is 11.8 Å². The first-order valence-corrected chi connectivity index (χ1v) is 7.31. The summed E-state index contributed by atoms with van der Waals surface area (Å²) in [6.07, 6.45) is 1.69. The summed E-state index contributed by atoms with van der Waals surface area (Å²) in [7, 11) is 0. The monoisotopic (exact) mass is 257 g/mol. The maximum atomic E-state index is 11.5. The standard InChI is InChI=1S/C12H23N3OS/c1-3-4-14-12(16)11(2)13-5-6-15-7-9-17-10-8-15/h3,11,13H,1,4-10H2,2H3,(H,14,16). The summed E-state index contributed by atoms with van der Waals surface area (Å²) in [6, 6.07) is -0.130. The number of rotatable bonds is 7. The van der Waals surface area contributed by atoms with Gasteiger partial charge in [-0.05, 0) is 6.92 Å². The molecule has 0 radical (unpaired) electrons. The van der Waals surface area contributed by atoms with E-state index in [2.05, 4.69) is 22.1 Å². The molecular weight excluding hydrogens is 234 g/mol. The van der Waals surface area contributed by atoms with Crippen molar-refractivity contribution in [2.24, 2.45) is 0 Å². The van der Waals surface area contributed by atoms with Crippen molar-refractivity contribution in [3.8, 4) is 0 Å². The van der Waals surface area contributed by atoms with Gasteiger partial charge in [0.25, 0.3) is 0 Å². The summed E-state index contributed by atoms with van der Waals surface area (Å²) in [5, 5.41) is 6.03. The van der Waals surface area contributed by atoms with Gasteiger partial charge in [0.05, 0.1) is 6.04 Å². The van der Waals surface area contributed by atoms with Gasteiger partial charge in [0.2, 0.25) is 5.91 Å². The second-order valence-electron chi connectivity index (χ2n) is 4.16. The van der Waals surface area contributed by atoms with E-state index in [1.165, 1.54) is 24.6 Å². The van der Waals surface area contributed by atoms with Crippen molar-refractivity contribution in [1.82, 2.24) is 15.5 Å². The molecule has 1 fully saturated rings. The average molecular weight is 257 g/mol. The molecular formula is C12H23N3OS. The molecule has 2 N–H and O–H groups in total. The van der Waals surface area contributed by atoms with Crippen LogP contribution in [0.2, 0.25) is 0 Å². The fourth-order valence-corrected chi connectivity index (χ4v) is 2.66. The van der Waals surface area contributed by atoms with Crippen molar-refractivity contribution in [1.29, 1.82) is 0 Å². The van der Waals surface area contributed by atoms with Crippen LogP contribution < -0.4 is 10.6 Å². The quantitative estimate of drug-likeness (QED) is 0.645. The Morgan fingerprint density at radius 2 is 2.24 bits per heavy atom. The highest BCUT2D eigenvalue weighted by Crippen LogP contribution is 2.07. The van der Waals surface area contributed by atoms with Crippen LogP contribution in [-0.2, 0) is 4.79 Å². The molecule has 0 aromatic rings. The molecule has 17 heavy (non-hydrogen) atoms. The zero-order valence-electron chi connectivity index (χ0n) is 10.6. The summed E-state index contributed by atoms with van der Waals surface area (Å²) >= 11 is 2.02. The van der Waals surface area contributed by atoms with Crippen LogP contribution in [0.5, 0.6) is 0 Å². The lowest BCUT2D eigenvalue weighted by molar-refractivity contribution is -0.122. The Kier molecular flexibility index (Phi) is 7.32. The number of carbonyl (C=O) groups excluding carboxylic acids is 1. The van der Waals surface area contributed by atoms with Gasteiger partial charge in [-0.25, -0.2) is 0 Å². The van der Waals surface area contributed by atoms with Crippen LogP contribution in [0.3, 0.4) is 0 Å². The molecule has 0 aromatic heterocycles. The number of nitrogens with zero attached hydrogens (tertiary/aromatic N) is 1. The Labute approximate surface area is 108 Å². The van der Waals surface area contributed by atoms with Gasteiger partial charge >= 0.3 is 0 Å². The molecule has 1 heterocycles. The maximum Gasteiger partial charge on any atom is 0.237 e. The highest BCUT2D eigenvalue weighted by atomic mass is 32.2. The van der Waals surface area contributed by atoms with Crippen LogP contribution in [0.15, 0.2) is 12.7 Å². The summed E-state index contributed by atoms with van der Waals surface area (Å²) in [4.78, 5) is 14.0. The van der Waals surface area contributed by atoms with E-state index in [1.807, 2.05) is 18.7 Å². The first-order valence-electron chi connectivity index (χ1n) is 6.16. The average Bonchev–Trinajstić information content (AvgIpc) is 2.37. The molecule has 1 atom stereocenters. The van der Waals surface area contributed by atoms with Crippen LogP contribution in [-0.4, -0.2) is 61.1 Å². The first kappa shape index (κ1) is 14.5. The summed E-state index contributed by atoms with van der Waals surface area (Å²) in [6.45, 7) is 10.2. The van der Waals surface area contributed by atoms with Crippen LogP contribution in [0.1, 0.15) is 6.92 Å². The second-order valence-corrected chi connectivity index (χ2v) is 5.39. The molecule has 0 spiro atoms. The SMILES string of the molecule is C=CCNC(=O)C(C)NCCN1CCSCC1. The molecule has 5 heteroatoms. The molecule has 1 aliphatic heterocycles. The maximum absolute atomic E-state index is 11.5. The molecule has 1 unspecified atom stereocenters. The molecule has 1 saturated heterocycles. The summed E-state index contributed by atoms with van der Waals surface area (Å²) in [5.41, 5.74) is 0. The normalized spacial score (nSPS) is 18.6. The summed E-state index contributed by atoms with van der Waals surface area (Å²) < 4.78 is 0. The molecule has 0 aromatic carbocycles. The third-order valence-electron chi connectivity index (χ3n) is 2.80. The van der Waals surface area contributed by atoms with Crippen molar-refractivity contribution in [3.05, 3.63) is 12.7 Å². The van der Waals surface area contributed by atoms with E-state index < -0.39 is 0 Å². The van der Waals surface area contributed by atoms with Crippen molar-refractivity contribution < 1.29 is 4.79 Å². The number of nitrogens with one attached hydrogen (secondary N) is 2. The van der Waals surface area contributed by atoms with Crippen molar-refractivity contribution in [2.45, 2.75) is 13.0 Å². The topological polar surface area (TPSA) is 44.4 Å². The van der Waals surface area contributed by atoms with Crippen LogP contribution in [0, 0.1) is 0 Å². The second kappa shape index (κ2) is 8.55. The molecule has 1 aliphatic rings. The van der Waals surface area contributed by atoms with E-state index in [0.717, 1.165) is 13.1 Å². The third-order valence-corrected chi connectivity index (χ3v) is 3.74. The van der Waals surface area contributed by atoms with Crippen molar-refractivity contribution in [2.75, 3.05) is 44.2 Å². The third kappa shape index (κ3) is 6.10. The lowest BCUT2D eigenvalue weighted by atomic mass is 10.3. The number of hydrogen-bond acceptors (Lipinski definition) is 4. The lowest BCUT2D eigenvalue weighted by Crippen LogP contribution is -2.45. The minimum atomic E-state index is -0.130. The van der Waals surface area contributed by atoms with Crippen LogP contribution in [0.4, 0.5) is 0 Å². The molecule has 0 saturated carbocycles. The van der Waals surface area contributed by atoms with E-state index >= 15 is 0 Å². The molecule has 0 aliphatic carbocycles. The van der Waals surface area contributed by atoms with Crippen molar-refractivity contribution >= 4 is 17.7 Å². The zero-order chi connectivity index (χ0) is 12.5. The Morgan fingerprint density at radius 3 is 2.88 bits per heavy atom. The Morgan fingerprint density at radius 1 is 1.53 bits per heavy atom. The van der Waals surface area contributed by atoms with Gasteiger partial charge in [-0.1, -0.05) is 6.08 Å². The predicted octanol–water partition coefficient (Wildman–Crippen LogP) is 0.316. The van der Waals surface area contributed by atoms with E-state index in [-0.39, 0.29) is 11.9 Å². The van der Waals surface area contributed by atoms with Crippen molar-refractivity contribution in [3.63, 3.8) is 0 Å². The number of amides is 1. The molecule has 1 amide bonds. The fraction of sp³-hybridized carbons (Fsp3) is 0.750. The highest BCUT2D eigenvalue weighted by molar-refractivity contribution is 7.99. The Balaban J connectivity index is 2.07. The molecule has 98 valence electrons. The lowest BCUT2D eigenvalue weighted by Gasteiger charge is -2.26. The minimum Gasteiger partial charge on any atom is -0.351 e. The van der Waals surface area contributed by atoms with E-state index in [4.69, 9.17) is 0 Å². The highest BCUT2D eigenvalue weighted by Gasteiger charge is 2.13. The van der Waals surface area contributed by atoms with Gasteiger partial charge in [-0.15, -0.1) is 6.58 Å². The smallest absolute Gasteiger partial charge is 0.237 e. The fourth-order valence-electron chi connectivity index (χ4n) is 1.68. The Hall–Kier alpha value is -0.520. The van der Waals surface area contributed by atoms with Gasteiger partial charge in [0, 0.05) is 44.2 Å². The molecule has 0 bridgehead atoms. The van der Waals surface area contributed by atoms with E-state index in [0.29, 0.717) is 6.54 Å².